The zero-order chi connectivity index (χ0) is 19.4. The van der Waals surface area contributed by atoms with E-state index in [0.717, 1.165) is 17.1 Å². The highest BCUT2D eigenvalue weighted by Crippen LogP contribution is 2.29. The predicted molar refractivity (Wildman–Crippen MR) is 109 cm³/mol. The third-order valence-electron chi connectivity index (χ3n) is 3.78. The van der Waals surface area contributed by atoms with E-state index in [-0.39, 0.29) is 4.90 Å². The molecule has 0 atom stereocenters. The lowest BCUT2D eigenvalue weighted by molar-refractivity contribution is 0.479. The molecule has 0 unspecified atom stereocenters. The van der Waals surface area contributed by atoms with Crippen molar-refractivity contribution in [3.05, 3.63) is 84.9 Å². The van der Waals surface area contributed by atoms with E-state index in [1.807, 2.05) is 30.3 Å². The Morgan fingerprint density at radius 2 is 1.57 bits per heavy atom. The van der Waals surface area contributed by atoms with Crippen LogP contribution in [0.5, 0.6) is 10.9 Å². The Kier molecular flexibility index (Phi) is 5.05. The number of ether oxygens (including phenoxy) is 1. The molecule has 140 valence electrons. The summed E-state index contributed by atoms with van der Waals surface area (Å²) < 4.78 is 37.5. The van der Waals surface area contributed by atoms with E-state index in [1.165, 1.54) is 12.1 Å². The molecule has 4 aromatic rings. The third kappa shape index (κ3) is 4.19. The van der Waals surface area contributed by atoms with Gasteiger partial charge in [0.25, 0.3) is 15.2 Å². The average Bonchev–Trinajstić information content (AvgIpc) is 3.18. The Labute approximate surface area is 166 Å². The second kappa shape index (κ2) is 7.79. The molecule has 0 aliphatic rings. The van der Waals surface area contributed by atoms with Crippen LogP contribution in [0, 0.1) is 0 Å². The molecule has 8 heteroatoms. The Morgan fingerprint density at radius 1 is 0.857 bits per heavy atom. The monoisotopic (exact) mass is 409 g/mol. The minimum absolute atomic E-state index is 0.193. The molecule has 3 aromatic carbocycles. The van der Waals surface area contributed by atoms with Gasteiger partial charge in [0.05, 0.1) is 10.6 Å². The van der Waals surface area contributed by atoms with Crippen LogP contribution in [0.3, 0.4) is 0 Å². The number of anilines is 1. The first-order chi connectivity index (χ1) is 13.6. The Morgan fingerprint density at radius 3 is 2.32 bits per heavy atom. The van der Waals surface area contributed by atoms with E-state index in [2.05, 4.69) is 14.1 Å². The fourth-order valence-electron chi connectivity index (χ4n) is 2.49. The summed E-state index contributed by atoms with van der Waals surface area (Å²) in [6.07, 6.45) is 0. The quantitative estimate of drug-likeness (QED) is 0.495. The highest BCUT2D eigenvalue weighted by molar-refractivity contribution is 7.92. The molecule has 0 bridgehead atoms. The van der Waals surface area contributed by atoms with Gasteiger partial charge < -0.3 is 4.74 Å². The lowest BCUT2D eigenvalue weighted by Crippen LogP contribution is -2.12. The first-order valence-electron chi connectivity index (χ1n) is 8.35. The molecule has 4 rings (SSSR count). The summed E-state index contributed by atoms with van der Waals surface area (Å²) in [5.41, 5.74) is 1.30. The molecule has 0 fully saturated rings. The van der Waals surface area contributed by atoms with Crippen LogP contribution in [0.25, 0.3) is 11.4 Å². The van der Waals surface area contributed by atoms with Gasteiger partial charge >= 0.3 is 0 Å². The number of hydrogen-bond donors (Lipinski definition) is 1. The molecule has 0 saturated heterocycles. The number of benzene rings is 3. The minimum atomic E-state index is -3.67. The van der Waals surface area contributed by atoms with Gasteiger partial charge in [-0.3, -0.25) is 4.72 Å². The lowest BCUT2D eigenvalue weighted by Gasteiger charge is -2.09. The second-order valence-electron chi connectivity index (χ2n) is 5.80. The standard InChI is InChI=1S/C20H15N3O3S2/c24-28(25,18-12-5-2-6-13-18)23-16-10-7-11-17(14-16)26-20-21-19(22-27-20)15-8-3-1-4-9-15/h1-14,23H. The largest absolute Gasteiger partial charge is 0.430 e. The van der Waals surface area contributed by atoms with Gasteiger partial charge in [-0.2, -0.15) is 9.36 Å². The Balaban J connectivity index is 1.51. The molecule has 0 aliphatic heterocycles. The van der Waals surface area contributed by atoms with Gasteiger partial charge in [0.15, 0.2) is 5.82 Å². The van der Waals surface area contributed by atoms with Crippen LogP contribution in [-0.4, -0.2) is 17.8 Å². The molecular formula is C20H15N3O3S2. The van der Waals surface area contributed by atoms with Crippen molar-refractivity contribution in [2.24, 2.45) is 0 Å². The van der Waals surface area contributed by atoms with Crippen molar-refractivity contribution in [2.45, 2.75) is 4.90 Å². The van der Waals surface area contributed by atoms with Gasteiger partial charge in [0.2, 0.25) is 0 Å². The van der Waals surface area contributed by atoms with Crippen molar-refractivity contribution in [1.29, 1.82) is 0 Å². The molecule has 0 aliphatic carbocycles. The van der Waals surface area contributed by atoms with Crippen molar-refractivity contribution in [2.75, 3.05) is 4.72 Å². The van der Waals surface area contributed by atoms with Crippen LogP contribution in [0.2, 0.25) is 0 Å². The van der Waals surface area contributed by atoms with Crippen LogP contribution in [0.4, 0.5) is 5.69 Å². The number of rotatable bonds is 6. The zero-order valence-electron chi connectivity index (χ0n) is 14.5. The lowest BCUT2D eigenvalue weighted by atomic mass is 10.2. The van der Waals surface area contributed by atoms with E-state index in [1.54, 1.807) is 42.5 Å². The third-order valence-corrected chi connectivity index (χ3v) is 5.78. The second-order valence-corrected chi connectivity index (χ2v) is 8.20. The number of aromatic nitrogens is 2. The molecule has 0 amide bonds. The molecular weight excluding hydrogens is 394 g/mol. The summed E-state index contributed by atoms with van der Waals surface area (Å²) in [4.78, 5) is 4.57. The topological polar surface area (TPSA) is 81.2 Å². The van der Waals surface area contributed by atoms with Gasteiger partial charge in [-0.05, 0) is 24.3 Å². The summed E-state index contributed by atoms with van der Waals surface area (Å²) in [5.74, 6) is 1.05. The average molecular weight is 409 g/mol. The highest BCUT2D eigenvalue weighted by atomic mass is 32.2. The van der Waals surface area contributed by atoms with E-state index in [4.69, 9.17) is 4.74 Å². The van der Waals surface area contributed by atoms with Crippen LogP contribution in [0.15, 0.2) is 89.8 Å². The molecule has 0 saturated carbocycles. The van der Waals surface area contributed by atoms with Crippen LogP contribution in [0.1, 0.15) is 0 Å². The number of hydrogen-bond acceptors (Lipinski definition) is 6. The van der Waals surface area contributed by atoms with Gasteiger partial charge in [-0.15, -0.1) is 0 Å². The van der Waals surface area contributed by atoms with Crippen LogP contribution >= 0.6 is 11.5 Å². The summed E-state index contributed by atoms with van der Waals surface area (Å²) in [7, 11) is -3.67. The predicted octanol–water partition coefficient (Wildman–Crippen LogP) is 4.80. The van der Waals surface area contributed by atoms with Crippen molar-refractivity contribution < 1.29 is 13.2 Å². The first-order valence-corrected chi connectivity index (χ1v) is 10.6. The van der Waals surface area contributed by atoms with Crippen molar-refractivity contribution in [1.82, 2.24) is 9.36 Å². The van der Waals surface area contributed by atoms with Crippen molar-refractivity contribution in [3.63, 3.8) is 0 Å². The highest BCUT2D eigenvalue weighted by Gasteiger charge is 2.14. The van der Waals surface area contributed by atoms with Gasteiger partial charge in [-0.1, -0.05) is 54.6 Å². The summed E-state index contributed by atoms with van der Waals surface area (Å²) in [6, 6.07) is 24.5. The summed E-state index contributed by atoms with van der Waals surface area (Å²) in [5, 5.41) is 0.377. The molecule has 1 aromatic heterocycles. The van der Waals surface area contributed by atoms with Crippen LogP contribution < -0.4 is 9.46 Å². The summed E-state index contributed by atoms with van der Waals surface area (Å²) >= 11 is 1.13. The maximum atomic E-state index is 12.5. The number of nitrogens with one attached hydrogen (secondary N) is 1. The van der Waals surface area contributed by atoms with E-state index < -0.39 is 10.0 Å². The smallest absolute Gasteiger partial charge is 0.299 e. The van der Waals surface area contributed by atoms with Crippen molar-refractivity contribution >= 4 is 27.2 Å². The molecule has 0 radical (unpaired) electrons. The van der Waals surface area contributed by atoms with E-state index in [0.29, 0.717) is 22.5 Å². The molecule has 0 spiro atoms. The van der Waals surface area contributed by atoms with Crippen molar-refractivity contribution in [3.8, 4) is 22.3 Å². The van der Waals surface area contributed by atoms with E-state index >= 15 is 0 Å². The molecule has 28 heavy (non-hydrogen) atoms. The zero-order valence-corrected chi connectivity index (χ0v) is 16.2. The van der Waals surface area contributed by atoms with E-state index in [9.17, 15) is 8.42 Å². The molecule has 6 nitrogen and oxygen atoms in total. The van der Waals surface area contributed by atoms with Gasteiger partial charge in [0, 0.05) is 23.2 Å². The minimum Gasteiger partial charge on any atom is -0.430 e. The normalized spacial score (nSPS) is 11.1. The first kappa shape index (κ1) is 18.1. The fraction of sp³-hybridized carbons (Fsp3) is 0. The summed E-state index contributed by atoms with van der Waals surface area (Å²) in [6.45, 7) is 0. The van der Waals surface area contributed by atoms with Gasteiger partial charge in [-0.25, -0.2) is 8.42 Å². The number of sulfonamides is 1. The van der Waals surface area contributed by atoms with Crippen LogP contribution in [-0.2, 0) is 10.0 Å². The fourth-order valence-corrected chi connectivity index (χ4v) is 4.14. The Hall–Kier alpha value is -3.23. The Bertz CT molecular complexity index is 1180. The molecule has 1 N–H and O–H groups in total. The SMILES string of the molecule is O=S(=O)(Nc1cccc(Oc2nc(-c3ccccc3)ns2)c1)c1ccccc1. The molecule has 1 heterocycles. The van der Waals surface area contributed by atoms with Gasteiger partial charge in [0.1, 0.15) is 5.75 Å². The maximum Gasteiger partial charge on any atom is 0.299 e. The maximum absolute atomic E-state index is 12.5. The number of nitrogens with zero attached hydrogens (tertiary/aromatic N) is 2.